The molecule has 0 saturated heterocycles. The van der Waals surface area contributed by atoms with Gasteiger partial charge in [-0.1, -0.05) is 26.0 Å². The fourth-order valence-electron chi connectivity index (χ4n) is 7.48. The van der Waals surface area contributed by atoms with E-state index in [2.05, 4.69) is 19.9 Å². The van der Waals surface area contributed by atoms with E-state index in [1.165, 1.54) is 13.8 Å². The topological polar surface area (TPSA) is 69.7 Å². The van der Waals surface area contributed by atoms with Crippen molar-refractivity contribution in [3.05, 3.63) is 23.3 Å². The van der Waals surface area contributed by atoms with E-state index in [4.69, 9.17) is 9.47 Å². The van der Waals surface area contributed by atoms with Crippen molar-refractivity contribution in [2.45, 2.75) is 85.4 Å². The Hall–Kier alpha value is -1.91. The number of rotatable bonds is 2. The average Bonchev–Trinajstić information content (AvgIpc) is 2.92. The molecule has 5 heteroatoms. The zero-order chi connectivity index (χ0) is 21.8. The van der Waals surface area contributed by atoms with Crippen molar-refractivity contribution in [1.82, 2.24) is 0 Å². The fourth-order valence-corrected chi connectivity index (χ4v) is 7.48. The molecule has 0 aliphatic heterocycles. The van der Waals surface area contributed by atoms with Gasteiger partial charge < -0.3 is 9.47 Å². The van der Waals surface area contributed by atoms with Crippen molar-refractivity contribution < 1.29 is 23.9 Å². The molecule has 7 atom stereocenters. The lowest BCUT2D eigenvalue weighted by atomic mass is 9.47. The smallest absolute Gasteiger partial charge is 0.303 e. The van der Waals surface area contributed by atoms with Crippen LogP contribution in [0.4, 0.5) is 0 Å². The largest absolute Gasteiger partial charge is 0.458 e. The molecule has 4 rings (SSSR count). The van der Waals surface area contributed by atoms with Gasteiger partial charge in [-0.05, 0) is 78.8 Å². The molecule has 164 valence electrons. The molecule has 0 heterocycles. The quantitative estimate of drug-likeness (QED) is 0.377. The average molecular weight is 415 g/mol. The Morgan fingerprint density at radius 1 is 1.03 bits per heavy atom. The van der Waals surface area contributed by atoms with Crippen molar-refractivity contribution in [3.63, 3.8) is 0 Å². The number of ether oxygens (including phenoxy) is 2. The molecule has 0 aromatic carbocycles. The van der Waals surface area contributed by atoms with E-state index in [-0.39, 0.29) is 22.8 Å². The van der Waals surface area contributed by atoms with Crippen LogP contribution in [0.5, 0.6) is 0 Å². The lowest BCUT2D eigenvalue weighted by Gasteiger charge is -2.58. The molecule has 4 aliphatic carbocycles. The van der Waals surface area contributed by atoms with Crippen molar-refractivity contribution in [2.75, 3.05) is 0 Å². The number of fused-ring (bicyclic) bond motifs is 5. The van der Waals surface area contributed by atoms with Crippen LogP contribution in [-0.4, -0.2) is 29.9 Å². The summed E-state index contributed by atoms with van der Waals surface area (Å²) in [6, 6.07) is 0. The van der Waals surface area contributed by atoms with Gasteiger partial charge in [-0.2, -0.15) is 0 Å². The Morgan fingerprint density at radius 3 is 2.33 bits per heavy atom. The molecular weight excluding hydrogens is 380 g/mol. The summed E-state index contributed by atoms with van der Waals surface area (Å²) in [7, 11) is 0. The molecule has 0 bridgehead atoms. The Balaban J connectivity index is 1.70. The summed E-state index contributed by atoms with van der Waals surface area (Å²) in [5.74, 6) is 0.925. The Kier molecular flexibility index (Phi) is 5.22. The molecule has 30 heavy (non-hydrogen) atoms. The number of hydrogen-bond donors (Lipinski definition) is 0. The first-order valence-electron chi connectivity index (χ1n) is 11.4. The fraction of sp³-hybridized carbons (Fsp3) is 0.720. The second-order valence-corrected chi connectivity index (χ2v) is 10.2. The van der Waals surface area contributed by atoms with Crippen LogP contribution in [0.1, 0.15) is 73.1 Å². The zero-order valence-electron chi connectivity index (χ0n) is 18.8. The number of carbonyl (C=O) groups excluding carboxylic acids is 3. The van der Waals surface area contributed by atoms with Gasteiger partial charge in [0.25, 0.3) is 0 Å². The van der Waals surface area contributed by atoms with Crippen molar-refractivity contribution in [2.24, 2.45) is 28.6 Å². The molecule has 0 radical (unpaired) electrons. The van der Waals surface area contributed by atoms with Gasteiger partial charge in [-0.25, -0.2) is 0 Å². The Bertz CT molecular complexity index is 838. The SMILES string of the molecule is C/C=C1/C(=O)C[C@H]2[C@@H]3CC=C4[C@@H](OC(C)=O)[C@@H](OC(C)=O)CC[C@]4(C)[C@H]3CC[C@]12C. The molecule has 3 saturated carbocycles. The number of allylic oxidation sites excluding steroid dienone is 3. The van der Waals surface area contributed by atoms with Gasteiger partial charge in [-0.3, -0.25) is 14.4 Å². The second-order valence-electron chi connectivity index (χ2n) is 10.2. The van der Waals surface area contributed by atoms with Crippen LogP contribution in [0.3, 0.4) is 0 Å². The Morgan fingerprint density at radius 2 is 1.70 bits per heavy atom. The van der Waals surface area contributed by atoms with E-state index < -0.39 is 12.2 Å². The van der Waals surface area contributed by atoms with Crippen LogP contribution in [0.2, 0.25) is 0 Å². The zero-order valence-corrected chi connectivity index (χ0v) is 18.8. The van der Waals surface area contributed by atoms with E-state index in [9.17, 15) is 14.4 Å². The summed E-state index contributed by atoms with van der Waals surface area (Å²) >= 11 is 0. The molecule has 0 amide bonds. The van der Waals surface area contributed by atoms with Gasteiger partial charge in [0.1, 0.15) is 6.10 Å². The lowest BCUT2D eigenvalue weighted by Crippen LogP contribution is -2.54. The van der Waals surface area contributed by atoms with Crippen LogP contribution in [0.15, 0.2) is 23.3 Å². The summed E-state index contributed by atoms with van der Waals surface area (Å²) in [5.41, 5.74) is 2.04. The molecule has 4 aliphatic rings. The van der Waals surface area contributed by atoms with Crippen LogP contribution < -0.4 is 0 Å². The lowest BCUT2D eigenvalue weighted by molar-refractivity contribution is -0.169. The van der Waals surface area contributed by atoms with E-state index in [1.807, 2.05) is 13.0 Å². The van der Waals surface area contributed by atoms with Gasteiger partial charge in [-0.15, -0.1) is 0 Å². The molecule has 0 aromatic heterocycles. The molecule has 0 aromatic rings. The first kappa shape index (κ1) is 21.3. The third-order valence-corrected chi connectivity index (χ3v) is 8.73. The van der Waals surface area contributed by atoms with Crippen molar-refractivity contribution >= 4 is 17.7 Å². The van der Waals surface area contributed by atoms with E-state index in [0.29, 0.717) is 36.4 Å². The van der Waals surface area contributed by atoms with E-state index in [0.717, 1.165) is 36.8 Å². The highest BCUT2D eigenvalue weighted by atomic mass is 16.6. The molecule has 3 fully saturated rings. The predicted octanol–water partition coefficient (Wildman–Crippen LogP) is 4.55. The maximum Gasteiger partial charge on any atom is 0.303 e. The number of hydrogen-bond acceptors (Lipinski definition) is 5. The van der Waals surface area contributed by atoms with Crippen LogP contribution in [-0.2, 0) is 23.9 Å². The van der Waals surface area contributed by atoms with Crippen LogP contribution in [0.25, 0.3) is 0 Å². The Labute approximate surface area is 179 Å². The van der Waals surface area contributed by atoms with E-state index >= 15 is 0 Å². The second kappa shape index (κ2) is 7.35. The maximum atomic E-state index is 12.7. The number of ketones is 1. The van der Waals surface area contributed by atoms with Crippen LogP contribution >= 0.6 is 0 Å². The summed E-state index contributed by atoms with van der Waals surface area (Å²) in [6.07, 6.45) is 8.60. The van der Waals surface area contributed by atoms with E-state index in [1.54, 1.807) is 0 Å². The third-order valence-electron chi connectivity index (χ3n) is 8.73. The molecule has 0 N–H and O–H groups in total. The van der Waals surface area contributed by atoms with Crippen LogP contribution in [0, 0.1) is 28.6 Å². The first-order valence-corrected chi connectivity index (χ1v) is 11.4. The van der Waals surface area contributed by atoms with Gasteiger partial charge in [0.15, 0.2) is 11.9 Å². The molecule has 0 spiro atoms. The summed E-state index contributed by atoms with van der Waals surface area (Å²) < 4.78 is 11.3. The maximum absolute atomic E-state index is 12.7. The summed E-state index contributed by atoms with van der Waals surface area (Å²) in [4.78, 5) is 36.3. The standard InChI is InChI=1S/C25H34O5/c1-6-17-21(28)13-20-16-7-8-19-23(30-15(3)27)22(29-14(2)26)10-12-25(19,5)18(16)9-11-24(17,20)4/h6,8,16,18,20,22-23H,7,9-13H2,1-5H3/b17-6-/t16-,18+,20+,22+,23-,24-,25-/m1/s1. The molecular formula is C25H34O5. The minimum atomic E-state index is -0.504. The minimum absolute atomic E-state index is 0.0149. The van der Waals surface area contributed by atoms with Crippen molar-refractivity contribution in [1.29, 1.82) is 0 Å². The van der Waals surface area contributed by atoms with Gasteiger partial charge in [0.2, 0.25) is 0 Å². The first-order chi connectivity index (χ1) is 14.1. The van der Waals surface area contributed by atoms with Gasteiger partial charge >= 0.3 is 11.9 Å². The monoisotopic (exact) mass is 414 g/mol. The number of esters is 2. The van der Waals surface area contributed by atoms with Gasteiger partial charge in [0.05, 0.1) is 0 Å². The normalized spacial score (nSPS) is 43.9. The highest BCUT2D eigenvalue weighted by Gasteiger charge is 2.60. The molecule has 0 unspecified atom stereocenters. The van der Waals surface area contributed by atoms with Gasteiger partial charge in [0, 0.05) is 20.3 Å². The highest BCUT2D eigenvalue weighted by molar-refractivity contribution is 5.99. The van der Waals surface area contributed by atoms with Crippen molar-refractivity contribution in [3.8, 4) is 0 Å². The highest BCUT2D eigenvalue weighted by Crippen LogP contribution is 2.65. The third kappa shape index (κ3) is 3.07. The minimum Gasteiger partial charge on any atom is -0.458 e. The number of carbonyl (C=O) groups is 3. The molecule has 5 nitrogen and oxygen atoms in total. The summed E-state index contributed by atoms with van der Waals surface area (Å²) in [6.45, 7) is 9.40. The summed E-state index contributed by atoms with van der Waals surface area (Å²) in [5, 5.41) is 0. The number of Topliss-reactive ketones (excluding diaryl/α,β-unsaturated/α-hetero) is 1. The predicted molar refractivity (Wildman–Crippen MR) is 112 cm³/mol.